The SMILES string of the molecule is CCCOC1CCCN(c2ncc(CNC(C)C)cn2)C1. The Morgan fingerprint density at radius 3 is 2.81 bits per heavy atom. The van der Waals surface area contributed by atoms with Crippen molar-refractivity contribution in [3.63, 3.8) is 0 Å². The van der Waals surface area contributed by atoms with E-state index >= 15 is 0 Å². The Balaban J connectivity index is 1.88. The average molecular weight is 292 g/mol. The van der Waals surface area contributed by atoms with Crippen LogP contribution in [0.2, 0.25) is 0 Å². The first-order valence-corrected chi connectivity index (χ1v) is 8.10. The maximum atomic E-state index is 5.87. The number of aromatic nitrogens is 2. The van der Waals surface area contributed by atoms with Crippen LogP contribution in [0.5, 0.6) is 0 Å². The summed E-state index contributed by atoms with van der Waals surface area (Å²) in [4.78, 5) is 11.3. The molecule has 5 nitrogen and oxygen atoms in total. The molecule has 2 rings (SSSR count). The summed E-state index contributed by atoms with van der Waals surface area (Å²) in [6.45, 7) is 10.0. The highest BCUT2D eigenvalue weighted by Crippen LogP contribution is 2.18. The van der Waals surface area contributed by atoms with Crippen LogP contribution < -0.4 is 10.2 Å². The normalized spacial score (nSPS) is 19.2. The molecule has 1 unspecified atom stereocenters. The van der Waals surface area contributed by atoms with E-state index in [4.69, 9.17) is 4.74 Å². The number of ether oxygens (including phenoxy) is 1. The molecule has 1 aliphatic heterocycles. The third-order valence-corrected chi connectivity index (χ3v) is 3.62. The van der Waals surface area contributed by atoms with Gasteiger partial charge in [0.25, 0.3) is 0 Å². The molecule has 1 aromatic rings. The Hall–Kier alpha value is -1.20. The molecule has 0 bridgehead atoms. The van der Waals surface area contributed by atoms with Gasteiger partial charge in [0.2, 0.25) is 5.95 Å². The number of nitrogens with one attached hydrogen (secondary N) is 1. The lowest BCUT2D eigenvalue weighted by Gasteiger charge is -2.32. The molecule has 0 saturated carbocycles. The van der Waals surface area contributed by atoms with Gasteiger partial charge in [-0.25, -0.2) is 9.97 Å². The zero-order valence-electron chi connectivity index (χ0n) is 13.5. The fourth-order valence-corrected chi connectivity index (χ4v) is 2.46. The van der Waals surface area contributed by atoms with Gasteiger partial charge in [-0.3, -0.25) is 0 Å². The van der Waals surface area contributed by atoms with Crippen molar-refractivity contribution < 1.29 is 4.74 Å². The molecule has 0 aliphatic carbocycles. The van der Waals surface area contributed by atoms with Crippen LogP contribution >= 0.6 is 0 Å². The van der Waals surface area contributed by atoms with E-state index in [2.05, 4.69) is 41.0 Å². The number of piperidine rings is 1. The van der Waals surface area contributed by atoms with Gasteiger partial charge in [0, 0.05) is 50.2 Å². The van der Waals surface area contributed by atoms with Crippen molar-refractivity contribution in [1.82, 2.24) is 15.3 Å². The van der Waals surface area contributed by atoms with E-state index in [0.717, 1.165) is 57.0 Å². The zero-order chi connectivity index (χ0) is 15.1. The summed E-state index contributed by atoms with van der Waals surface area (Å²) in [6.07, 6.45) is 7.54. The first-order chi connectivity index (χ1) is 10.2. The van der Waals surface area contributed by atoms with Crippen molar-refractivity contribution in [1.29, 1.82) is 0 Å². The van der Waals surface area contributed by atoms with E-state index < -0.39 is 0 Å². The van der Waals surface area contributed by atoms with Gasteiger partial charge in [0.1, 0.15) is 0 Å². The molecule has 1 aromatic heterocycles. The van der Waals surface area contributed by atoms with Gasteiger partial charge in [-0.2, -0.15) is 0 Å². The molecule has 0 spiro atoms. The van der Waals surface area contributed by atoms with Crippen LogP contribution in [0.25, 0.3) is 0 Å². The lowest BCUT2D eigenvalue weighted by Crippen LogP contribution is -2.40. The summed E-state index contributed by atoms with van der Waals surface area (Å²) < 4.78 is 5.87. The standard InChI is InChI=1S/C16H28N4O/c1-4-8-21-15-6-5-7-20(12-15)16-18-10-14(11-19-16)9-17-13(2)3/h10-11,13,15,17H,4-9,12H2,1-3H3. The highest BCUT2D eigenvalue weighted by molar-refractivity contribution is 5.30. The van der Waals surface area contributed by atoms with E-state index in [1.54, 1.807) is 0 Å². The summed E-state index contributed by atoms with van der Waals surface area (Å²) in [5.41, 5.74) is 1.13. The number of rotatable bonds is 7. The largest absolute Gasteiger partial charge is 0.376 e. The maximum absolute atomic E-state index is 5.87. The molecule has 2 heterocycles. The second-order valence-corrected chi connectivity index (χ2v) is 6.01. The van der Waals surface area contributed by atoms with Gasteiger partial charge in [0.15, 0.2) is 0 Å². The van der Waals surface area contributed by atoms with Crippen molar-refractivity contribution in [3.8, 4) is 0 Å². The van der Waals surface area contributed by atoms with Gasteiger partial charge in [-0.15, -0.1) is 0 Å². The van der Waals surface area contributed by atoms with Gasteiger partial charge in [-0.05, 0) is 19.3 Å². The molecule has 1 N–H and O–H groups in total. The average Bonchev–Trinajstić information content (AvgIpc) is 2.51. The predicted octanol–water partition coefficient (Wildman–Crippen LogP) is 2.37. The van der Waals surface area contributed by atoms with E-state index in [1.807, 2.05) is 12.4 Å². The van der Waals surface area contributed by atoms with E-state index in [9.17, 15) is 0 Å². The molecule has 0 aromatic carbocycles. The number of hydrogen-bond acceptors (Lipinski definition) is 5. The van der Waals surface area contributed by atoms with Gasteiger partial charge in [0.05, 0.1) is 6.10 Å². The van der Waals surface area contributed by atoms with Crippen LogP contribution in [0.1, 0.15) is 45.6 Å². The molecule has 21 heavy (non-hydrogen) atoms. The molecule has 1 aliphatic rings. The number of nitrogens with zero attached hydrogens (tertiary/aromatic N) is 3. The highest BCUT2D eigenvalue weighted by atomic mass is 16.5. The van der Waals surface area contributed by atoms with Crippen molar-refractivity contribution in [2.24, 2.45) is 0 Å². The topological polar surface area (TPSA) is 50.3 Å². The van der Waals surface area contributed by atoms with Crippen LogP contribution in [0.15, 0.2) is 12.4 Å². The third kappa shape index (κ3) is 5.25. The monoisotopic (exact) mass is 292 g/mol. The predicted molar refractivity (Wildman–Crippen MR) is 85.5 cm³/mol. The zero-order valence-corrected chi connectivity index (χ0v) is 13.5. The van der Waals surface area contributed by atoms with Gasteiger partial charge < -0.3 is 15.0 Å². The van der Waals surface area contributed by atoms with E-state index in [1.165, 1.54) is 0 Å². The molecule has 1 fully saturated rings. The van der Waals surface area contributed by atoms with Crippen LogP contribution in [0, 0.1) is 0 Å². The van der Waals surface area contributed by atoms with E-state index in [0.29, 0.717) is 12.1 Å². The summed E-state index contributed by atoms with van der Waals surface area (Å²) in [6, 6.07) is 0.475. The molecule has 118 valence electrons. The van der Waals surface area contributed by atoms with Gasteiger partial charge in [-0.1, -0.05) is 20.8 Å². The molecule has 1 saturated heterocycles. The summed E-state index contributed by atoms with van der Waals surface area (Å²) >= 11 is 0. The number of hydrogen-bond donors (Lipinski definition) is 1. The van der Waals surface area contributed by atoms with Crippen molar-refractivity contribution >= 4 is 5.95 Å². The van der Waals surface area contributed by atoms with Crippen molar-refractivity contribution in [3.05, 3.63) is 18.0 Å². The molecular formula is C16H28N4O. The summed E-state index contributed by atoms with van der Waals surface area (Å²) in [7, 11) is 0. The van der Waals surface area contributed by atoms with Crippen molar-refractivity contribution in [2.75, 3.05) is 24.6 Å². The molecular weight excluding hydrogens is 264 g/mol. The van der Waals surface area contributed by atoms with Gasteiger partial charge >= 0.3 is 0 Å². The van der Waals surface area contributed by atoms with Crippen LogP contribution in [0.4, 0.5) is 5.95 Å². The minimum atomic E-state index is 0.324. The number of anilines is 1. The van der Waals surface area contributed by atoms with E-state index in [-0.39, 0.29) is 0 Å². The maximum Gasteiger partial charge on any atom is 0.225 e. The Morgan fingerprint density at radius 1 is 1.38 bits per heavy atom. The quantitative estimate of drug-likeness (QED) is 0.836. The summed E-state index contributed by atoms with van der Waals surface area (Å²) in [5.74, 6) is 0.827. The fourth-order valence-electron chi connectivity index (χ4n) is 2.46. The molecule has 5 heteroatoms. The Kier molecular flexibility index (Phi) is 6.39. The van der Waals surface area contributed by atoms with Crippen LogP contribution in [-0.4, -0.2) is 41.8 Å². The lowest BCUT2D eigenvalue weighted by molar-refractivity contribution is 0.0437. The third-order valence-electron chi connectivity index (χ3n) is 3.62. The second-order valence-electron chi connectivity index (χ2n) is 6.01. The molecule has 1 atom stereocenters. The lowest BCUT2D eigenvalue weighted by atomic mass is 10.1. The minimum absolute atomic E-state index is 0.324. The second kappa shape index (κ2) is 8.29. The first kappa shape index (κ1) is 16.2. The minimum Gasteiger partial charge on any atom is -0.376 e. The highest BCUT2D eigenvalue weighted by Gasteiger charge is 2.21. The van der Waals surface area contributed by atoms with Crippen LogP contribution in [0.3, 0.4) is 0 Å². The fraction of sp³-hybridized carbons (Fsp3) is 0.750. The summed E-state index contributed by atoms with van der Waals surface area (Å²) in [5, 5.41) is 3.38. The smallest absolute Gasteiger partial charge is 0.225 e. The first-order valence-electron chi connectivity index (χ1n) is 8.10. The molecule has 0 radical (unpaired) electrons. The Morgan fingerprint density at radius 2 is 2.14 bits per heavy atom. The Labute approximate surface area is 128 Å². The molecule has 0 amide bonds. The Bertz CT molecular complexity index is 407. The van der Waals surface area contributed by atoms with Crippen LogP contribution in [-0.2, 0) is 11.3 Å². The van der Waals surface area contributed by atoms with Crippen molar-refractivity contribution in [2.45, 2.75) is 58.7 Å².